The van der Waals surface area contributed by atoms with Crippen molar-refractivity contribution in [3.63, 3.8) is 0 Å². The van der Waals surface area contributed by atoms with Crippen molar-refractivity contribution in [2.45, 2.75) is 45.8 Å². The molecule has 1 aromatic rings. The molecule has 1 atom stereocenters. The maximum Gasteiger partial charge on any atom is 0.349 e. The standard InChI is InChI=1S/C15H19F2N3O6/c1-9(21)18-13-4-6-20(14(24)19-13)8-15(16,17)12(26-11(3)23)5-7-25-10(2)22/h4,6,12H,5,7-8H2,1-3H3,(H,18,19,21,24). The summed E-state index contributed by atoms with van der Waals surface area (Å²) in [7, 11) is 0. The highest BCUT2D eigenvalue weighted by molar-refractivity contribution is 5.87. The van der Waals surface area contributed by atoms with Gasteiger partial charge in [-0.2, -0.15) is 4.98 Å². The van der Waals surface area contributed by atoms with Gasteiger partial charge in [-0.1, -0.05) is 0 Å². The maximum atomic E-state index is 14.5. The first-order valence-electron chi connectivity index (χ1n) is 7.54. The quantitative estimate of drug-likeness (QED) is 0.666. The van der Waals surface area contributed by atoms with E-state index >= 15 is 0 Å². The third kappa shape index (κ3) is 6.95. The van der Waals surface area contributed by atoms with E-state index in [4.69, 9.17) is 0 Å². The molecule has 1 N–H and O–H groups in total. The van der Waals surface area contributed by atoms with Crippen molar-refractivity contribution in [2.24, 2.45) is 0 Å². The molecule has 1 unspecified atom stereocenters. The molecule has 0 fully saturated rings. The third-order valence-electron chi connectivity index (χ3n) is 3.02. The number of carbonyl (C=O) groups excluding carboxylic acids is 3. The number of nitrogens with zero attached hydrogens (tertiary/aromatic N) is 2. The van der Waals surface area contributed by atoms with Crippen LogP contribution in [0, 0.1) is 0 Å². The van der Waals surface area contributed by atoms with E-state index in [1.807, 2.05) is 0 Å². The summed E-state index contributed by atoms with van der Waals surface area (Å²) in [5, 5.41) is 2.25. The van der Waals surface area contributed by atoms with Crippen LogP contribution in [-0.2, 0) is 30.4 Å². The molecule has 1 rings (SSSR count). The SMILES string of the molecule is CC(=O)Nc1ccn(CC(F)(F)C(CCOC(C)=O)OC(C)=O)c(=O)n1. The Hall–Kier alpha value is -2.85. The Kier molecular flexibility index (Phi) is 7.35. The molecule has 0 bridgehead atoms. The topological polar surface area (TPSA) is 117 Å². The molecule has 0 aliphatic heterocycles. The molecule has 0 aliphatic rings. The van der Waals surface area contributed by atoms with Crippen LogP contribution in [0.3, 0.4) is 0 Å². The number of ether oxygens (including phenoxy) is 2. The Morgan fingerprint density at radius 3 is 2.42 bits per heavy atom. The lowest BCUT2D eigenvalue weighted by molar-refractivity contribution is -0.178. The van der Waals surface area contributed by atoms with Crippen molar-refractivity contribution in [3.8, 4) is 0 Å². The largest absolute Gasteiger partial charge is 0.466 e. The molecule has 1 aromatic heterocycles. The Morgan fingerprint density at radius 2 is 1.92 bits per heavy atom. The van der Waals surface area contributed by atoms with Gasteiger partial charge in [0.25, 0.3) is 0 Å². The first kappa shape index (κ1) is 21.2. The van der Waals surface area contributed by atoms with Crippen LogP contribution in [0.4, 0.5) is 14.6 Å². The zero-order valence-corrected chi connectivity index (χ0v) is 14.5. The molecule has 11 heteroatoms. The van der Waals surface area contributed by atoms with Crippen LogP contribution < -0.4 is 11.0 Å². The summed E-state index contributed by atoms with van der Waals surface area (Å²) in [4.78, 5) is 48.0. The van der Waals surface area contributed by atoms with Gasteiger partial charge in [0.2, 0.25) is 5.91 Å². The van der Waals surface area contributed by atoms with Crippen molar-refractivity contribution in [1.29, 1.82) is 0 Å². The van der Waals surface area contributed by atoms with Crippen molar-refractivity contribution in [1.82, 2.24) is 9.55 Å². The number of hydrogen-bond acceptors (Lipinski definition) is 7. The lowest BCUT2D eigenvalue weighted by Gasteiger charge is -2.26. The molecule has 1 amide bonds. The van der Waals surface area contributed by atoms with E-state index in [-0.39, 0.29) is 12.4 Å². The fraction of sp³-hybridized carbons (Fsp3) is 0.533. The van der Waals surface area contributed by atoms with Gasteiger partial charge in [0.05, 0.1) is 13.2 Å². The summed E-state index contributed by atoms with van der Waals surface area (Å²) in [6, 6.07) is 1.18. The number of hydrogen-bond donors (Lipinski definition) is 1. The minimum Gasteiger partial charge on any atom is -0.466 e. The van der Waals surface area contributed by atoms with E-state index in [0.717, 1.165) is 20.0 Å². The molecular weight excluding hydrogens is 356 g/mol. The summed E-state index contributed by atoms with van der Waals surface area (Å²) in [5.74, 6) is -5.78. The zero-order chi connectivity index (χ0) is 19.9. The van der Waals surface area contributed by atoms with Gasteiger partial charge in [-0.15, -0.1) is 0 Å². The molecule has 0 aromatic carbocycles. The number of rotatable bonds is 8. The van der Waals surface area contributed by atoms with Crippen molar-refractivity contribution in [2.75, 3.05) is 11.9 Å². The van der Waals surface area contributed by atoms with Crippen molar-refractivity contribution < 1.29 is 32.6 Å². The average molecular weight is 375 g/mol. The predicted molar refractivity (Wildman–Crippen MR) is 84.6 cm³/mol. The van der Waals surface area contributed by atoms with Crippen LogP contribution in [0.1, 0.15) is 27.2 Å². The second-order valence-electron chi connectivity index (χ2n) is 5.39. The van der Waals surface area contributed by atoms with Crippen LogP contribution in [0.15, 0.2) is 17.1 Å². The van der Waals surface area contributed by atoms with Gasteiger partial charge in [0.1, 0.15) is 5.82 Å². The highest BCUT2D eigenvalue weighted by Gasteiger charge is 2.42. The Labute approximate surface area is 147 Å². The lowest BCUT2D eigenvalue weighted by Crippen LogP contribution is -2.44. The molecule has 144 valence electrons. The van der Waals surface area contributed by atoms with Gasteiger partial charge < -0.3 is 14.8 Å². The number of carbonyl (C=O) groups is 3. The van der Waals surface area contributed by atoms with Crippen molar-refractivity contribution >= 4 is 23.7 Å². The first-order valence-corrected chi connectivity index (χ1v) is 7.54. The summed E-state index contributed by atoms with van der Waals surface area (Å²) in [5.41, 5.74) is -1.02. The number of amides is 1. The summed E-state index contributed by atoms with van der Waals surface area (Å²) < 4.78 is 38.8. The molecule has 9 nitrogen and oxygen atoms in total. The minimum atomic E-state index is -3.63. The van der Waals surface area contributed by atoms with E-state index in [9.17, 15) is 28.0 Å². The maximum absolute atomic E-state index is 14.5. The van der Waals surface area contributed by atoms with Gasteiger partial charge in [-0.3, -0.25) is 19.0 Å². The molecular formula is C15H19F2N3O6. The highest BCUT2D eigenvalue weighted by Crippen LogP contribution is 2.26. The lowest BCUT2D eigenvalue weighted by atomic mass is 10.1. The fourth-order valence-corrected chi connectivity index (χ4v) is 1.99. The second kappa shape index (κ2) is 9.02. The van der Waals surface area contributed by atoms with Crippen LogP contribution in [0.2, 0.25) is 0 Å². The molecule has 0 saturated heterocycles. The van der Waals surface area contributed by atoms with E-state index in [2.05, 4.69) is 19.8 Å². The molecule has 1 heterocycles. The molecule has 26 heavy (non-hydrogen) atoms. The summed E-state index contributed by atoms with van der Waals surface area (Å²) in [6.07, 6.45) is -1.31. The number of alkyl halides is 2. The van der Waals surface area contributed by atoms with Crippen LogP contribution in [0.25, 0.3) is 0 Å². The van der Waals surface area contributed by atoms with Gasteiger partial charge in [0, 0.05) is 33.4 Å². The molecule has 0 saturated carbocycles. The molecule has 0 radical (unpaired) electrons. The van der Waals surface area contributed by atoms with E-state index in [1.165, 1.54) is 13.0 Å². The number of halogens is 2. The van der Waals surface area contributed by atoms with Crippen LogP contribution >= 0.6 is 0 Å². The van der Waals surface area contributed by atoms with Gasteiger partial charge >= 0.3 is 23.6 Å². The second-order valence-corrected chi connectivity index (χ2v) is 5.39. The number of esters is 2. The highest BCUT2D eigenvalue weighted by atomic mass is 19.3. The average Bonchev–Trinajstić information content (AvgIpc) is 2.47. The smallest absolute Gasteiger partial charge is 0.349 e. The Bertz CT molecular complexity index is 734. The predicted octanol–water partition coefficient (Wildman–Crippen LogP) is 0.722. The minimum absolute atomic E-state index is 0.0755. The number of aromatic nitrogens is 2. The van der Waals surface area contributed by atoms with E-state index in [1.54, 1.807) is 0 Å². The summed E-state index contributed by atoms with van der Waals surface area (Å²) in [6.45, 7) is 1.79. The van der Waals surface area contributed by atoms with E-state index < -0.39 is 48.5 Å². The fourth-order valence-electron chi connectivity index (χ4n) is 1.99. The molecule has 0 spiro atoms. The first-order chi connectivity index (χ1) is 12.0. The monoisotopic (exact) mass is 375 g/mol. The van der Waals surface area contributed by atoms with Gasteiger partial charge in [0.15, 0.2) is 6.10 Å². The van der Waals surface area contributed by atoms with Crippen LogP contribution in [-0.4, -0.2) is 46.0 Å². The Morgan fingerprint density at radius 1 is 1.27 bits per heavy atom. The van der Waals surface area contributed by atoms with Gasteiger partial charge in [-0.25, -0.2) is 13.6 Å². The number of nitrogens with one attached hydrogen (secondary N) is 1. The van der Waals surface area contributed by atoms with Crippen molar-refractivity contribution in [3.05, 3.63) is 22.7 Å². The third-order valence-corrected chi connectivity index (χ3v) is 3.02. The summed E-state index contributed by atoms with van der Waals surface area (Å²) >= 11 is 0. The zero-order valence-electron chi connectivity index (χ0n) is 14.5. The number of anilines is 1. The van der Waals surface area contributed by atoms with E-state index in [0.29, 0.717) is 4.57 Å². The normalized spacial score (nSPS) is 12.2. The Balaban J connectivity index is 2.93. The van der Waals surface area contributed by atoms with Crippen LogP contribution in [0.5, 0.6) is 0 Å². The molecule has 0 aliphatic carbocycles. The van der Waals surface area contributed by atoms with Gasteiger partial charge in [-0.05, 0) is 6.07 Å².